The molecule has 0 saturated heterocycles. The fraction of sp³-hybridized carbons (Fsp3) is 0.250. The highest BCUT2D eigenvalue weighted by molar-refractivity contribution is 7.99. The summed E-state index contributed by atoms with van der Waals surface area (Å²) in [5.41, 5.74) is 1.56. The Kier molecular flexibility index (Phi) is 5.44. The van der Waals surface area contributed by atoms with Crippen LogP contribution in [0.3, 0.4) is 0 Å². The number of carbonyl (C=O) groups is 1. The molecule has 1 N–H and O–H groups in total. The first-order valence-electron chi connectivity index (χ1n) is 7.64. The number of amides is 1. The highest BCUT2D eigenvalue weighted by Crippen LogP contribution is 2.22. The maximum atomic E-state index is 12.8. The van der Waals surface area contributed by atoms with Gasteiger partial charge >= 0.3 is 0 Å². The topological polar surface area (TPSA) is 85.8 Å². The van der Waals surface area contributed by atoms with Gasteiger partial charge in [0.15, 0.2) is 0 Å². The molecule has 0 fully saturated rings. The van der Waals surface area contributed by atoms with Crippen molar-refractivity contribution in [3.8, 4) is 11.5 Å². The van der Waals surface area contributed by atoms with Crippen LogP contribution >= 0.6 is 11.8 Å². The third-order valence-corrected chi connectivity index (χ3v) is 4.16. The predicted molar refractivity (Wildman–Crippen MR) is 90.2 cm³/mol. The van der Waals surface area contributed by atoms with E-state index in [9.17, 15) is 9.18 Å². The van der Waals surface area contributed by atoms with Crippen LogP contribution in [0.5, 0.6) is 0 Å². The molecule has 25 heavy (non-hydrogen) atoms. The maximum Gasteiger partial charge on any atom is 0.277 e. The van der Waals surface area contributed by atoms with Gasteiger partial charge in [-0.3, -0.25) is 9.48 Å². The van der Waals surface area contributed by atoms with E-state index in [1.54, 1.807) is 23.0 Å². The van der Waals surface area contributed by atoms with Gasteiger partial charge in [-0.1, -0.05) is 23.9 Å². The molecule has 0 aliphatic heterocycles. The summed E-state index contributed by atoms with van der Waals surface area (Å²) in [6, 6.07) is 5.97. The monoisotopic (exact) mass is 361 g/mol. The molecule has 0 bridgehead atoms. The Balaban J connectivity index is 1.48. The van der Waals surface area contributed by atoms with Gasteiger partial charge in [-0.05, 0) is 24.6 Å². The molecule has 0 saturated carbocycles. The lowest BCUT2D eigenvalue weighted by Crippen LogP contribution is -2.24. The van der Waals surface area contributed by atoms with Crippen LogP contribution in [0.1, 0.15) is 12.5 Å². The predicted octanol–water partition coefficient (Wildman–Crippen LogP) is 2.50. The van der Waals surface area contributed by atoms with Crippen molar-refractivity contribution in [1.29, 1.82) is 0 Å². The van der Waals surface area contributed by atoms with Crippen molar-refractivity contribution in [1.82, 2.24) is 25.3 Å². The van der Waals surface area contributed by atoms with Crippen molar-refractivity contribution < 1.29 is 13.6 Å². The minimum absolute atomic E-state index is 0.150. The molecule has 3 aromatic rings. The Morgan fingerprint density at radius 2 is 2.12 bits per heavy atom. The van der Waals surface area contributed by atoms with Gasteiger partial charge in [0, 0.05) is 19.3 Å². The summed E-state index contributed by atoms with van der Waals surface area (Å²) in [6.07, 6.45) is 3.47. The molecular weight excluding hydrogens is 345 g/mol. The molecule has 0 aliphatic carbocycles. The minimum Gasteiger partial charge on any atom is -0.411 e. The van der Waals surface area contributed by atoms with Crippen molar-refractivity contribution in [3.63, 3.8) is 0 Å². The van der Waals surface area contributed by atoms with Crippen molar-refractivity contribution >= 4 is 17.7 Å². The Bertz CT molecular complexity index is 846. The van der Waals surface area contributed by atoms with Crippen LogP contribution in [0, 0.1) is 5.82 Å². The van der Waals surface area contributed by atoms with Gasteiger partial charge < -0.3 is 9.73 Å². The van der Waals surface area contributed by atoms with Crippen LogP contribution < -0.4 is 5.32 Å². The highest BCUT2D eigenvalue weighted by atomic mass is 32.2. The van der Waals surface area contributed by atoms with Crippen LogP contribution in [-0.4, -0.2) is 31.6 Å². The second-order valence-corrected chi connectivity index (χ2v) is 6.08. The van der Waals surface area contributed by atoms with E-state index in [2.05, 4.69) is 20.6 Å². The molecule has 130 valence electrons. The summed E-state index contributed by atoms with van der Waals surface area (Å²) in [6.45, 7) is 3.07. The molecule has 1 aromatic carbocycles. The summed E-state index contributed by atoms with van der Waals surface area (Å²) < 4.78 is 20.1. The van der Waals surface area contributed by atoms with E-state index < -0.39 is 0 Å². The molecule has 0 aliphatic rings. The number of carbonyl (C=O) groups excluding carboxylic acids is 1. The summed E-state index contributed by atoms with van der Waals surface area (Å²) >= 11 is 1.15. The van der Waals surface area contributed by atoms with Gasteiger partial charge in [-0.25, -0.2) is 4.39 Å². The van der Waals surface area contributed by atoms with Crippen LogP contribution in [0.2, 0.25) is 0 Å². The van der Waals surface area contributed by atoms with Gasteiger partial charge in [0.2, 0.25) is 5.91 Å². The largest absolute Gasteiger partial charge is 0.411 e. The lowest BCUT2D eigenvalue weighted by atomic mass is 10.2. The summed E-state index contributed by atoms with van der Waals surface area (Å²) in [7, 11) is 0. The van der Waals surface area contributed by atoms with E-state index in [-0.39, 0.29) is 17.5 Å². The fourth-order valence-corrected chi connectivity index (χ4v) is 2.61. The number of halogens is 1. The first-order valence-corrected chi connectivity index (χ1v) is 8.63. The molecule has 3 rings (SSSR count). The molecule has 9 heteroatoms. The molecule has 2 heterocycles. The standard InChI is InChI=1S/C16H16FN5O2S/c1-2-22-9-12(8-19-22)15-20-21-16(24-15)25-10-14(23)18-7-11-3-5-13(17)6-4-11/h3-6,8-9H,2,7,10H2,1H3,(H,18,23). The quantitative estimate of drug-likeness (QED) is 0.651. The minimum atomic E-state index is -0.303. The maximum absolute atomic E-state index is 12.8. The molecule has 0 atom stereocenters. The van der Waals surface area contributed by atoms with E-state index in [1.807, 2.05) is 13.1 Å². The number of aromatic nitrogens is 4. The second-order valence-electron chi connectivity index (χ2n) is 5.15. The molecular formula is C16H16FN5O2S. The van der Waals surface area contributed by atoms with Crippen LogP contribution in [0.25, 0.3) is 11.5 Å². The van der Waals surface area contributed by atoms with E-state index >= 15 is 0 Å². The SMILES string of the molecule is CCn1cc(-c2nnc(SCC(=O)NCc3ccc(F)cc3)o2)cn1. The van der Waals surface area contributed by atoms with E-state index in [0.717, 1.165) is 29.4 Å². The summed E-state index contributed by atoms with van der Waals surface area (Å²) in [4.78, 5) is 11.9. The zero-order valence-electron chi connectivity index (χ0n) is 13.5. The Morgan fingerprint density at radius 1 is 1.32 bits per heavy atom. The van der Waals surface area contributed by atoms with E-state index in [1.165, 1.54) is 12.1 Å². The molecule has 2 aromatic heterocycles. The van der Waals surface area contributed by atoms with Gasteiger partial charge in [-0.15, -0.1) is 10.2 Å². The normalized spacial score (nSPS) is 10.8. The Labute approximate surface area is 147 Å². The van der Waals surface area contributed by atoms with Crippen LogP contribution in [0.4, 0.5) is 4.39 Å². The average Bonchev–Trinajstić information content (AvgIpc) is 3.28. The Hall–Kier alpha value is -2.68. The van der Waals surface area contributed by atoms with Gasteiger partial charge in [0.25, 0.3) is 11.1 Å². The first kappa shape index (κ1) is 17.2. The lowest BCUT2D eigenvalue weighted by molar-refractivity contribution is -0.118. The van der Waals surface area contributed by atoms with Crippen molar-refractivity contribution in [3.05, 3.63) is 48.0 Å². The summed E-state index contributed by atoms with van der Waals surface area (Å²) in [5, 5.41) is 15.1. The zero-order valence-corrected chi connectivity index (χ0v) is 14.3. The third kappa shape index (κ3) is 4.66. The van der Waals surface area contributed by atoms with Crippen LogP contribution in [0.15, 0.2) is 46.3 Å². The highest BCUT2D eigenvalue weighted by Gasteiger charge is 2.12. The number of benzene rings is 1. The van der Waals surface area contributed by atoms with E-state index in [0.29, 0.717) is 17.7 Å². The average molecular weight is 361 g/mol. The van der Waals surface area contributed by atoms with Gasteiger partial charge in [0.05, 0.1) is 17.5 Å². The third-order valence-electron chi connectivity index (χ3n) is 3.34. The number of nitrogens with zero attached hydrogens (tertiary/aromatic N) is 4. The lowest BCUT2D eigenvalue weighted by Gasteiger charge is -2.04. The van der Waals surface area contributed by atoms with Crippen LogP contribution in [-0.2, 0) is 17.9 Å². The second kappa shape index (κ2) is 7.93. The van der Waals surface area contributed by atoms with Gasteiger partial charge in [-0.2, -0.15) is 5.10 Å². The zero-order chi connectivity index (χ0) is 17.6. The number of hydrogen-bond acceptors (Lipinski definition) is 6. The fourth-order valence-electron chi connectivity index (χ4n) is 2.01. The number of thioether (sulfide) groups is 1. The smallest absolute Gasteiger partial charge is 0.277 e. The number of hydrogen-bond donors (Lipinski definition) is 1. The molecule has 0 unspecified atom stereocenters. The summed E-state index contributed by atoms with van der Waals surface area (Å²) in [5.74, 6) is 0.0425. The number of rotatable bonds is 7. The van der Waals surface area contributed by atoms with E-state index in [4.69, 9.17) is 4.42 Å². The van der Waals surface area contributed by atoms with Crippen molar-refractivity contribution in [2.45, 2.75) is 25.2 Å². The first-order chi connectivity index (χ1) is 12.1. The van der Waals surface area contributed by atoms with Crippen molar-refractivity contribution in [2.75, 3.05) is 5.75 Å². The Morgan fingerprint density at radius 3 is 2.84 bits per heavy atom. The molecule has 0 spiro atoms. The molecule has 1 amide bonds. The number of aryl methyl sites for hydroxylation is 1. The van der Waals surface area contributed by atoms with Gasteiger partial charge in [0.1, 0.15) is 5.82 Å². The molecule has 7 nitrogen and oxygen atoms in total. The van der Waals surface area contributed by atoms with Crippen molar-refractivity contribution in [2.24, 2.45) is 0 Å². The molecule has 0 radical (unpaired) electrons. The number of nitrogens with one attached hydrogen (secondary N) is 1.